The van der Waals surface area contributed by atoms with E-state index >= 15 is 0 Å². The van der Waals surface area contributed by atoms with Crippen LogP contribution in [-0.4, -0.2) is 18.5 Å². The molecular weight excluding hydrogens is 224 g/mol. The summed E-state index contributed by atoms with van der Waals surface area (Å²) in [5, 5.41) is 2.82. The summed E-state index contributed by atoms with van der Waals surface area (Å²) in [7, 11) is 0. The van der Waals surface area contributed by atoms with E-state index in [0.717, 1.165) is 6.42 Å². The maximum atomic E-state index is 11.3. The molecule has 90 valence electrons. The van der Waals surface area contributed by atoms with Crippen LogP contribution in [-0.2, 0) is 11.2 Å². The van der Waals surface area contributed by atoms with Gasteiger partial charge in [-0.2, -0.15) is 0 Å². The van der Waals surface area contributed by atoms with Gasteiger partial charge in [-0.25, -0.2) is 0 Å². The molecule has 0 heterocycles. The van der Waals surface area contributed by atoms with Crippen molar-refractivity contribution in [2.45, 2.75) is 25.8 Å². The molecule has 0 fully saturated rings. The Kier molecular flexibility index (Phi) is 7.60. The maximum Gasteiger partial charge on any atom is 0.236 e. The van der Waals surface area contributed by atoms with E-state index in [2.05, 4.69) is 5.32 Å². The number of amides is 1. The molecule has 1 aromatic rings. The normalized spacial score (nSPS) is 11.4. The number of halogens is 1. The molecule has 0 bridgehead atoms. The lowest BCUT2D eigenvalue weighted by Gasteiger charge is -2.09. The molecule has 0 spiro atoms. The maximum absolute atomic E-state index is 11.3. The molecule has 0 saturated heterocycles. The summed E-state index contributed by atoms with van der Waals surface area (Å²) in [6, 6.07) is 9.69. The highest BCUT2D eigenvalue weighted by molar-refractivity contribution is 5.85. The van der Waals surface area contributed by atoms with Crippen LogP contribution in [0.4, 0.5) is 0 Å². The van der Waals surface area contributed by atoms with Crippen LogP contribution in [0.3, 0.4) is 0 Å². The molecule has 0 aromatic heterocycles. The lowest BCUT2D eigenvalue weighted by molar-refractivity contribution is -0.122. The van der Waals surface area contributed by atoms with Gasteiger partial charge in [0.25, 0.3) is 0 Å². The molecule has 1 rings (SSSR count). The topological polar surface area (TPSA) is 55.1 Å². The molecule has 0 radical (unpaired) electrons. The Morgan fingerprint density at radius 2 is 2.00 bits per heavy atom. The third-order valence-corrected chi connectivity index (χ3v) is 2.33. The molecule has 0 aliphatic rings. The van der Waals surface area contributed by atoms with Gasteiger partial charge in [0.05, 0.1) is 6.04 Å². The predicted molar refractivity (Wildman–Crippen MR) is 68.7 cm³/mol. The summed E-state index contributed by atoms with van der Waals surface area (Å²) < 4.78 is 0. The minimum Gasteiger partial charge on any atom is -0.354 e. The molecule has 0 aliphatic heterocycles. The summed E-state index contributed by atoms with van der Waals surface area (Å²) in [6.45, 7) is 2.55. The SMILES string of the molecule is CC[C@H](N)C(=O)NCCc1ccccc1.Cl. The van der Waals surface area contributed by atoms with E-state index in [0.29, 0.717) is 13.0 Å². The average molecular weight is 243 g/mol. The molecular formula is C12H19ClN2O. The van der Waals surface area contributed by atoms with E-state index < -0.39 is 0 Å². The fourth-order valence-corrected chi connectivity index (χ4v) is 1.29. The van der Waals surface area contributed by atoms with Gasteiger partial charge in [-0.1, -0.05) is 37.3 Å². The lowest BCUT2D eigenvalue weighted by Crippen LogP contribution is -2.40. The number of hydrogen-bond donors (Lipinski definition) is 2. The molecule has 1 atom stereocenters. The second-order valence-electron chi connectivity index (χ2n) is 3.54. The van der Waals surface area contributed by atoms with Crippen molar-refractivity contribution in [1.82, 2.24) is 5.32 Å². The van der Waals surface area contributed by atoms with Crippen molar-refractivity contribution in [3.63, 3.8) is 0 Å². The standard InChI is InChI=1S/C12H18N2O.ClH/c1-2-11(13)12(15)14-9-8-10-6-4-3-5-7-10;/h3-7,11H,2,8-9,13H2,1H3,(H,14,15);1H/t11-;/m0./s1. The fourth-order valence-electron chi connectivity index (χ4n) is 1.29. The predicted octanol–water partition coefficient (Wildman–Crippen LogP) is 1.50. The minimum atomic E-state index is -0.374. The van der Waals surface area contributed by atoms with E-state index in [1.54, 1.807) is 0 Å². The Balaban J connectivity index is 0.00000225. The van der Waals surface area contributed by atoms with E-state index in [4.69, 9.17) is 5.73 Å². The molecule has 3 nitrogen and oxygen atoms in total. The zero-order valence-electron chi connectivity index (χ0n) is 9.48. The molecule has 1 aromatic carbocycles. The Morgan fingerprint density at radius 1 is 1.38 bits per heavy atom. The van der Waals surface area contributed by atoms with Crippen LogP contribution in [0.2, 0.25) is 0 Å². The first-order chi connectivity index (χ1) is 7.24. The van der Waals surface area contributed by atoms with Crippen LogP contribution in [0.15, 0.2) is 30.3 Å². The van der Waals surface area contributed by atoms with Gasteiger partial charge in [-0.15, -0.1) is 12.4 Å². The van der Waals surface area contributed by atoms with Crippen molar-refractivity contribution in [2.75, 3.05) is 6.54 Å². The second kappa shape index (κ2) is 8.13. The summed E-state index contributed by atoms with van der Waals surface area (Å²) in [6.07, 6.45) is 1.53. The lowest BCUT2D eigenvalue weighted by atomic mass is 10.1. The highest BCUT2D eigenvalue weighted by Gasteiger charge is 2.08. The van der Waals surface area contributed by atoms with Crippen LogP contribution in [0.1, 0.15) is 18.9 Å². The first kappa shape index (κ1) is 14.9. The summed E-state index contributed by atoms with van der Waals surface area (Å²) in [5.74, 6) is -0.0616. The number of carbonyl (C=O) groups is 1. The van der Waals surface area contributed by atoms with Gasteiger partial charge in [-0.05, 0) is 18.4 Å². The van der Waals surface area contributed by atoms with Gasteiger partial charge in [0.1, 0.15) is 0 Å². The number of nitrogens with two attached hydrogens (primary N) is 1. The number of benzene rings is 1. The van der Waals surface area contributed by atoms with Gasteiger partial charge >= 0.3 is 0 Å². The first-order valence-electron chi connectivity index (χ1n) is 5.31. The van der Waals surface area contributed by atoms with Gasteiger partial charge in [0.2, 0.25) is 5.91 Å². The first-order valence-corrected chi connectivity index (χ1v) is 5.31. The molecule has 0 aliphatic carbocycles. The van der Waals surface area contributed by atoms with Crippen LogP contribution in [0, 0.1) is 0 Å². The van der Waals surface area contributed by atoms with Crippen LogP contribution in [0.5, 0.6) is 0 Å². The van der Waals surface area contributed by atoms with Crippen LogP contribution < -0.4 is 11.1 Å². The second-order valence-corrected chi connectivity index (χ2v) is 3.54. The van der Waals surface area contributed by atoms with Gasteiger partial charge in [0, 0.05) is 6.54 Å². The third-order valence-electron chi connectivity index (χ3n) is 2.33. The molecule has 0 unspecified atom stereocenters. The molecule has 0 saturated carbocycles. The highest BCUT2D eigenvalue weighted by atomic mass is 35.5. The highest BCUT2D eigenvalue weighted by Crippen LogP contribution is 1.98. The number of nitrogens with one attached hydrogen (secondary N) is 1. The quantitative estimate of drug-likeness (QED) is 0.822. The zero-order chi connectivity index (χ0) is 11.1. The van der Waals surface area contributed by atoms with E-state index in [1.165, 1.54) is 5.56 Å². The smallest absolute Gasteiger partial charge is 0.236 e. The summed E-state index contributed by atoms with van der Waals surface area (Å²) in [4.78, 5) is 11.3. The van der Waals surface area contributed by atoms with Crippen molar-refractivity contribution in [2.24, 2.45) is 5.73 Å². The molecule has 16 heavy (non-hydrogen) atoms. The summed E-state index contributed by atoms with van der Waals surface area (Å²) in [5.41, 5.74) is 6.81. The van der Waals surface area contributed by atoms with Gasteiger partial charge < -0.3 is 11.1 Å². The van der Waals surface area contributed by atoms with E-state index in [-0.39, 0.29) is 24.4 Å². The Hall–Kier alpha value is -1.06. The van der Waals surface area contributed by atoms with E-state index in [1.807, 2.05) is 37.3 Å². The largest absolute Gasteiger partial charge is 0.354 e. The number of carbonyl (C=O) groups excluding carboxylic acids is 1. The minimum absolute atomic E-state index is 0. The van der Waals surface area contributed by atoms with Gasteiger partial charge in [0.15, 0.2) is 0 Å². The monoisotopic (exact) mass is 242 g/mol. The van der Waals surface area contributed by atoms with Crippen LogP contribution >= 0.6 is 12.4 Å². The molecule has 1 amide bonds. The van der Waals surface area contributed by atoms with E-state index in [9.17, 15) is 4.79 Å². The summed E-state index contributed by atoms with van der Waals surface area (Å²) >= 11 is 0. The van der Waals surface area contributed by atoms with Crippen molar-refractivity contribution >= 4 is 18.3 Å². The zero-order valence-corrected chi connectivity index (χ0v) is 10.3. The Bertz CT molecular complexity index is 303. The van der Waals surface area contributed by atoms with Crippen molar-refractivity contribution in [3.8, 4) is 0 Å². The molecule has 3 N–H and O–H groups in total. The van der Waals surface area contributed by atoms with Crippen molar-refractivity contribution in [1.29, 1.82) is 0 Å². The third kappa shape index (κ3) is 5.14. The van der Waals surface area contributed by atoms with Crippen LogP contribution in [0.25, 0.3) is 0 Å². The number of rotatable bonds is 5. The Labute approximate surface area is 103 Å². The average Bonchev–Trinajstić information content (AvgIpc) is 2.29. The number of hydrogen-bond acceptors (Lipinski definition) is 2. The Morgan fingerprint density at radius 3 is 2.56 bits per heavy atom. The molecule has 4 heteroatoms. The van der Waals surface area contributed by atoms with Crippen molar-refractivity contribution < 1.29 is 4.79 Å². The van der Waals surface area contributed by atoms with Crippen molar-refractivity contribution in [3.05, 3.63) is 35.9 Å². The fraction of sp³-hybridized carbons (Fsp3) is 0.417. The van der Waals surface area contributed by atoms with Gasteiger partial charge in [-0.3, -0.25) is 4.79 Å².